The summed E-state index contributed by atoms with van der Waals surface area (Å²) >= 11 is 0. The van der Waals surface area contributed by atoms with Crippen LogP contribution in [0.15, 0.2) is 18.2 Å². The quantitative estimate of drug-likeness (QED) is 0.895. The molecule has 0 aliphatic carbocycles. The predicted octanol–water partition coefficient (Wildman–Crippen LogP) is 2.15. The lowest BCUT2D eigenvalue weighted by Gasteiger charge is -2.37. The molecule has 1 aliphatic heterocycles. The summed E-state index contributed by atoms with van der Waals surface area (Å²) in [6.07, 6.45) is 1.20. The SMILES string of the molecule is COC1CN(c2ccc(CN)cc2F)CCC1C. The molecule has 100 valence electrons. The van der Waals surface area contributed by atoms with Gasteiger partial charge in [0, 0.05) is 26.7 Å². The summed E-state index contributed by atoms with van der Waals surface area (Å²) in [6, 6.07) is 5.23. The van der Waals surface area contributed by atoms with Gasteiger partial charge < -0.3 is 15.4 Å². The molecule has 2 rings (SSSR count). The Balaban J connectivity index is 2.16. The van der Waals surface area contributed by atoms with E-state index in [1.165, 1.54) is 6.07 Å². The first-order valence-electron chi connectivity index (χ1n) is 6.42. The Kier molecular flexibility index (Phi) is 4.19. The molecule has 2 unspecified atom stereocenters. The molecule has 18 heavy (non-hydrogen) atoms. The predicted molar refractivity (Wildman–Crippen MR) is 71.1 cm³/mol. The number of methoxy groups -OCH3 is 1. The van der Waals surface area contributed by atoms with Crippen molar-refractivity contribution in [1.82, 2.24) is 0 Å². The molecule has 3 nitrogen and oxygen atoms in total. The highest BCUT2D eigenvalue weighted by molar-refractivity contribution is 5.49. The van der Waals surface area contributed by atoms with E-state index in [0.29, 0.717) is 18.2 Å². The van der Waals surface area contributed by atoms with Crippen LogP contribution in [0.4, 0.5) is 10.1 Å². The van der Waals surface area contributed by atoms with E-state index in [1.54, 1.807) is 7.11 Å². The average molecular weight is 252 g/mol. The maximum Gasteiger partial charge on any atom is 0.146 e. The smallest absolute Gasteiger partial charge is 0.146 e. The molecule has 0 bridgehead atoms. The summed E-state index contributed by atoms with van der Waals surface area (Å²) in [5.41, 5.74) is 6.99. The number of benzene rings is 1. The summed E-state index contributed by atoms with van der Waals surface area (Å²) in [4.78, 5) is 2.06. The van der Waals surface area contributed by atoms with Gasteiger partial charge in [0.25, 0.3) is 0 Å². The van der Waals surface area contributed by atoms with Gasteiger partial charge in [-0.15, -0.1) is 0 Å². The standard InChI is InChI=1S/C14H21FN2O/c1-10-5-6-17(9-14(10)18-2)13-4-3-11(8-16)7-12(13)15/h3-4,7,10,14H,5-6,8-9,16H2,1-2H3. The van der Waals surface area contributed by atoms with Gasteiger partial charge in [-0.25, -0.2) is 4.39 Å². The molecular weight excluding hydrogens is 231 g/mol. The van der Waals surface area contributed by atoms with E-state index in [0.717, 1.165) is 25.1 Å². The van der Waals surface area contributed by atoms with Gasteiger partial charge in [0.2, 0.25) is 0 Å². The third-order valence-corrected chi connectivity index (χ3v) is 3.78. The first-order valence-corrected chi connectivity index (χ1v) is 6.42. The molecular formula is C14H21FN2O. The normalized spacial score (nSPS) is 24.3. The van der Waals surface area contributed by atoms with Crippen LogP contribution in [0.1, 0.15) is 18.9 Å². The second-order valence-electron chi connectivity index (χ2n) is 4.98. The van der Waals surface area contributed by atoms with Crippen LogP contribution in [0.3, 0.4) is 0 Å². The Morgan fingerprint density at radius 1 is 1.50 bits per heavy atom. The Bertz CT molecular complexity index is 411. The van der Waals surface area contributed by atoms with E-state index in [9.17, 15) is 4.39 Å². The zero-order valence-electron chi connectivity index (χ0n) is 11.0. The number of anilines is 1. The third-order valence-electron chi connectivity index (χ3n) is 3.78. The fourth-order valence-electron chi connectivity index (χ4n) is 2.49. The first-order chi connectivity index (χ1) is 8.65. The van der Waals surface area contributed by atoms with E-state index >= 15 is 0 Å². The van der Waals surface area contributed by atoms with Crippen molar-refractivity contribution < 1.29 is 9.13 Å². The van der Waals surface area contributed by atoms with Crippen molar-refractivity contribution in [3.8, 4) is 0 Å². The van der Waals surface area contributed by atoms with Crippen LogP contribution in [-0.4, -0.2) is 26.3 Å². The van der Waals surface area contributed by atoms with Crippen LogP contribution in [0.2, 0.25) is 0 Å². The molecule has 1 heterocycles. The number of hydrogen-bond donors (Lipinski definition) is 1. The molecule has 1 aromatic rings. The largest absolute Gasteiger partial charge is 0.379 e. The Labute approximate surface area is 108 Å². The van der Waals surface area contributed by atoms with Crippen molar-refractivity contribution >= 4 is 5.69 Å². The van der Waals surface area contributed by atoms with Gasteiger partial charge in [-0.3, -0.25) is 0 Å². The van der Waals surface area contributed by atoms with Crippen molar-refractivity contribution in [2.24, 2.45) is 11.7 Å². The molecule has 0 spiro atoms. The van der Waals surface area contributed by atoms with E-state index in [2.05, 4.69) is 11.8 Å². The van der Waals surface area contributed by atoms with Gasteiger partial charge in [0.05, 0.1) is 11.8 Å². The van der Waals surface area contributed by atoms with Crippen molar-refractivity contribution in [3.63, 3.8) is 0 Å². The van der Waals surface area contributed by atoms with Gasteiger partial charge in [-0.1, -0.05) is 13.0 Å². The highest BCUT2D eigenvalue weighted by atomic mass is 19.1. The molecule has 1 aromatic carbocycles. The number of nitrogens with two attached hydrogens (primary N) is 1. The maximum atomic E-state index is 14.0. The minimum atomic E-state index is -0.192. The fourth-order valence-corrected chi connectivity index (χ4v) is 2.49. The van der Waals surface area contributed by atoms with E-state index in [4.69, 9.17) is 10.5 Å². The molecule has 1 saturated heterocycles. The molecule has 0 saturated carbocycles. The van der Waals surface area contributed by atoms with Crippen LogP contribution < -0.4 is 10.6 Å². The van der Waals surface area contributed by atoms with Crippen molar-refractivity contribution in [2.75, 3.05) is 25.1 Å². The Morgan fingerprint density at radius 3 is 2.89 bits per heavy atom. The Hall–Kier alpha value is -1.13. The number of piperidine rings is 1. The number of nitrogens with zero attached hydrogens (tertiary/aromatic N) is 1. The minimum Gasteiger partial charge on any atom is -0.379 e. The molecule has 2 N–H and O–H groups in total. The Morgan fingerprint density at radius 2 is 2.28 bits per heavy atom. The fraction of sp³-hybridized carbons (Fsp3) is 0.571. The summed E-state index contributed by atoms with van der Waals surface area (Å²) in [5, 5.41) is 0. The number of hydrogen-bond acceptors (Lipinski definition) is 3. The summed E-state index contributed by atoms with van der Waals surface area (Å²) in [7, 11) is 1.72. The van der Waals surface area contributed by atoms with Gasteiger partial charge in [0.1, 0.15) is 5.82 Å². The van der Waals surface area contributed by atoms with Gasteiger partial charge >= 0.3 is 0 Å². The topological polar surface area (TPSA) is 38.5 Å². The lowest BCUT2D eigenvalue weighted by atomic mass is 9.95. The molecule has 4 heteroatoms. The summed E-state index contributed by atoms with van der Waals surface area (Å²) < 4.78 is 19.5. The second-order valence-corrected chi connectivity index (χ2v) is 4.98. The second kappa shape index (κ2) is 5.67. The zero-order chi connectivity index (χ0) is 13.1. The van der Waals surface area contributed by atoms with E-state index < -0.39 is 0 Å². The summed E-state index contributed by atoms with van der Waals surface area (Å²) in [5.74, 6) is 0.333. The lowest BCUT2D eigenvalue weighted by Crippen LogP contribution is -2.44. The van der Waals surface area contributed by atoms with Gasteiger partial charge in [-0.05, 0) is 30.0 Å². The van der Waals surface area contributed by atoms with E-state index in [-0.39, 0.29) is 11.9 Å². The van der Waals surface area contributed by atoms with Gasteiger partial charge in [0.15, 0.2) is 0 Å². The van der Waals surface area contributed by atoms with Crippen LogP contribution in [-0.2, 0) is 11.3 Å². The number of ether oxygens (including phenoxy) is 1. The first kappa shape index (κ1) is 13.3. The highest BCUT2D eigenvalue weighted by Gasteiger charge is 2.27. The molecule has 0 amide bonds. The van der Waals surface area contributed by atoms with Crippen LogP contribution in [0.25, 0.3) is 0 Å². The minimum absolute atomic E-state index is 0.173. The summed E-state index contributed by atoms with van der Waals surface area (Å²) in [6.45, 7) is 4.17. The average Bonchev–Trinajstić information content (AvgIpc) is 2.39. The number of halogens is 1. The van der Waals surface area contributed by atoms with Crippen molar-refractivity contribution in [3.05, 3.63) is 29.6 Å². The molecule has 1 aliphatic rings. The monoisotopic (exact) mass is 252 g/mol. The lowest BCUT2D eigenvalue weighted by molar-refractivity contribution is 0.0497. The van der Waals surface area contributed by atoms with Crippen molar-refractivity contribution in [2.45, 2.75) is 26.0 Å². The van der Waals surface area contributed by atoms with Crippen LogP contribution in [0, 0.1) is 11.7 Å². The molecule has 2 atom stereocenters. The third kappa shape index (κ3) is 2.65. The maximum absolute atomic E-state index is 14.0. The van der Waals surface area contributed by atoms with Crippen molar-refractivity contribution in [1.29, 1.82) is 0 Å². The number of rotatable bonds is 3. The molecule has 0 aromatic heterocycles. The molecule has 1 fully saturated rings. The van der Waals surface area contributed by atoms with Gasteiger partial charge in [-0.2, -0.15) is 0 Å². The van der Waals surface area contributed by atoms with E-state index in [1.807, 2.05) is 12.1 Å². The molecule has 0 radical (unpaired) electrons. The zero-order valence-corrected chi connectivity index (χ0v) is 11.0. The van der Waals surface area contributed by atoms with Crippen LogP contribution in [0.5, 0.6) is 0 Å². The highest BCUT2D eigenvalue weighted by Crippen LogP contribution is 2.27. The van der Waals surface area contributed by atoms with Crippen LogP contribution >= 0.6 is 0 Å².